The Morgan fingerprint density at radius 2 is 1.04 bits per heavy atom. The zero-order chi connectivity index (χ0) is 20.0. The fraction of sp³-hybridized carbons (Fsp3) is 0.800. The number of rotatable bonds is 3. The summed E-state index contributed by atoms with van der Waals surface area (Å²) in [7, 11) is 0. The van der Waals surface area contributed by atoms with Crippen molar-refractivity contribution in [2.75, 3.05) is 0 Å². The fourth-order valence-corrected chi connectivity index (χ4v) is 0.782. The minimum absolute atomic E-state index is 0.708. The monoisotopic (exact) mass is 374 g/mol. The van der Waals surface area contributed by atoms with Gasteiger partial charge in [0.2, 0.25) is 0 Å². The third-order valence-corrected chi connectivity index (χ3v) is 3.90. The molecule has 0 bridgehead atoms. The van der Waals surface area contributed by atoms with Crippen LogP contribution in [0.25, 0.3) is 0 Å². The molecule has 0 fully saturated rings. The van der Waals surface area contributed by atoms with Gasteiger partial charge in [0.1, 0.15) is 0 Å². The molecule has 0 aromatic carbocycles. The molecule has 24 heavy (non-hydrogen) atoms. The van der Waals surface area contributed by atoms with E-state index in [1.165, 1.54) is 10.3 Å². The average molecular weight is 374 g/mol. The van der Waals surface area contributed by atoms with Crippen molar-refractivity contribution < 1.29 is 35.8 Å². The van der Waals surface area contributed by atoms with Gasteiger partial charge in [-0.25, -0.2) is 0 Å². The van der Waals surface area contributed by atoms with Gasteiger partial charge in [-0.1, -0.05) is 81.6 Å². The van der Waals surface area contributed by atoms with Gasteiger partial charge in [-0.3, -0.25) is 0 Å². The van der Waals surface area contributed by atoms with Crippen LogP contribution in [-0.2, 0) is 20.4 Å². The number of hydrogen-bond acceptors (Lipinski definition) is 3. The van der Waals surface area contributed by atoms with Gasteiger partial charge >= 0.3 is 49.0 Å². The first-order valence-electron chi connectivity index (χ1n) is 8.76. The molecule has 0 aromatic rings. The second-order valence-corrected chi connectivity index (χ2v) is 8.67. The normalized spacial score (nSPS) is 13.7. The molecule has 4 heteroatoms. The van der Waals surface area contributed by atoms with E-state index in [9.17, 15) is 15.3 Å². The number of hydrogen-bond donors (Lipinski definition) is 0. The first kappa shape index (κ1) is 28.9. The molecular weight excluding hydrogens is 336 g/mol. The maximum atomic E-state index is 10.5. The van der Waals surface area contributed by atoms with Gasteiger partial charge in [0.25, 0.3) is 0 Å². The maximum absolute atomic E-state index is 10.5. The molecule has 0 amide bonds. The van der Waals surface area contributed by atoms with Crippen LogP contribution in [0.3, 0.4) is 0 Å². The second-order valence-electron chi connectivity index (χ2n) is 7.66. The van der Waals surface area contributed by atoms with Crippen molar-refractivity contribution in [3.05, 3.63) is 22.1 Å². The van der Waals surface area contributed by atoms with E-state index in [1.54, 1.807) is 41.5 Å². The van der Waals surface area contributed by atoms with E-state index in [-0.39, 0.29) is 0 Å². The second kappa shape index (κ2) is 14.3. The van der Waals surface area contributed by atoms with Crippen LogP contribution in [0.5, 0.6) is 0 Å². The van der Waals surface area contributed by atoms with E-state index in [2.05, 4.69) is 38.7 Å². The molecule has 3 nitrogen and oxygen atoms in total. The summed E-state index contributed by atoms with van der Waals surface area (Å²) >= 11 is 2.14. The summed E-state index contributed by atoms with van der Waals surface area (Å²) in [5, 5.41) is 31.4. The summed E-state index contributed by atoms with van der Waals surface area (Å²) in [4.78, 5) is 0. The topological polar surface area (TPSA) is 69.2 Å². The van der Waals surface area contributed by atoms with Crippen molar-refractivity contribution in [2.24, 2.45) is 0 Å². The van der Waals surface area contributed by atoms with Crippen LogP contribution in [0.1, 0.15) is 88.0 Å². The molecule has 1 aliphatic carbocycles. The zero-order valence-corrected chi connectivity index (χ0v) is 18.8. The third-order valence-electron chi connectivity index (χ3n) is 3.33. The summed E-state index contributed by atoms with van der Waals surface area (Å²) in [6.45, 7) is 15.8. The van der Waals surface area contributed by atoms with Crippen molar-refractivity contribution in [1.29, 1.82) is 0 Å². The molecule has 0 aromatic heterocycles. The van der Waals surface area contributed by atoms with Crippen LogP contribution < -0.4 is 15.3 Å². The van der Waals surface area contributed by atoms with E-state index in [4.69, 9.17) is 0 Å². The SMILES string of the molecule is CCC(C)(C)[O-].CCC(C)(C)[O-].CCC(C)(C)[O-].[Ti+3][C]1=CC=CC1. The van der Waals surface area contributed by atoms with Gasteiger partial charge in [0.05, 0.1) is 0 Å². The quantitative estimate of drug-likeness (QED) is 0.713. The standard InChI is InChI=1S/3C5H11O.C5H5.Ti/c3*1-4-5(2,3)6;1-2-4-5-3-1;/h3*4H2,1-3H3;1-3H,4H2;/q3*-1;;+3. The summed E-state index contributed by atoms with van der Waals surface area (Å²) in [6.07, 6.45) is 9.71. The molecule has 0 unspecified atom stereocenters. The van der Waals surface area contributed by atoms with Gasteiger partial charge in [-0.15, -0.1) is 16.8 Å². The summed E-state index contributed by atoms with van der Waals surface area (Å²) in [5.74, 6) is 0. The van der Waals surface area contributed by atoms with Gasteiger partial charge < -0.3 is 15.3 Å². The molecule has 0 radical (unpaired) electrons. The van der Waals surface area contributed by atoms with Crippen molar-refractivity contribution in [3.8, 4) is 0 Å². The Morgan fingerprint density at radius 1 is 0.792 bits per heavy atom. The average Bonchev–Trinajstić information content (AvgIpc) is 2.89. The molecule has 0 spiro atoms. The van der Waals surface area contributed by atoms with Gasteiger partial charge in [-0.2, -0.15) is 0 Å². The Bertz CT molecular complexity index is 306. The van der Waals surface area contributed by atoms with E-state index in [0.717, 1.165) is 0 Å². The molecule has 0 heterocycles. The Labute approximate surface area is 162 Å². The number of allylic oxidation sites excluding steroid dienone is 4. The van der Waals surface area contributed by atoms with Crippen LogP contribution in [0.4, 0.5) is 0 Å². The van der Waals surface area contributed by atoms with E-state index in [0.29, 0.717) is 19.3 Å². The van der Waals surface area contributed by atoms with Gasteiger partial charge in [0, 0.05) is 0 Å². The molecule has 1 aliphatic rings. The molecule has 0 saturated carbocycles. The Hall–Kier alpha value is 0.0743. The Kier molecular flexibility index (Phi) is 17.2. The third kappa shape index (κ3) is 37.9. The first-order valence-corrected chi connectivity index (χ1v) is 9.54. The molecule has 0 aliphatic heterocycles. The summed E-state index contributed by atoms with van der Waals surface area (Å²) < 4.78 is 1.47. The van der Waals surface area contributed by atoms with E-state index >= 15 is 0 Å². The molecule has 140 valence electrons. The Balaban J connectivity index is -0.000000245. The van der Waals surface area contributed by atoms with Crippen LogP contribution in [0.2, 0.25) is 0 Å². The first-order chi connectivity index (χ1) is 10.6. The molecule has 0 N–H and O–H groups in total. The molecule has 0 saturated heterocycles. The fourth-order valence-electron chi connectivity index (χ4n) is 0.447. The van der Waals surface area contributed by atoms with Crippen molar-refractivity contribution in [2.45, 2.75) is 105 Å². The van der Waals surface area contributed by atoms with E-state index < -0.39 is 16.8 Å². The van der Waals surface area contributed by atoms with Crippen LogP contribution in [-0.4, -0.2) is 16.8 Å². The van der Waals surface area contributed by atoms with Crippen LogP contribution in [0, 0.1) is 0 Å². The molecular formula is C20H38O3Ti. The molecule has 0 atom stereocenters. The van der Waals surface area contributed by atoms with Crippen LogP contribution >= 0.6 is 0 Å². The Morgan fingerprint density at radius 3 is 1.08 bits per heavy atom. The van der Waals surface area contributed by atoms with Crippen LogP contribution in [0.15, 0.2) is 22.1 Å². The zero-order valence-electron chi connectivity index (χ0n) is 17.3. The minimum atomic E-state index is -0.708. The van der Waals surface area contributed by atoms with E-state index in [1.807, 2.05) is 20.8 Å². The van der Waals surface area contributed by atoms with Crippen molar-refractivity contribution in [1.82, 2.24) is 0 Å². The predicted molar refractivity (Wildman–Crippen MR) is 95.0 cm³/mol. The summed E-state index contributed by atoms with van der Waals surface area (Å²) in [6, 6.07) is 0. The van der Waals surface area contributed by atoms with Gasteiger partial charge in [0.15, 0.2) is 0 Å². The molecule has 1 rings (SSSR count). The van der Waals surface area contributed by atoms with Gasteiger partial charge in [-0.05, 0) is 0 Å². The van der Waals surface area contributed by atoms with Crippen molar-refractivity contribution in [3.63, 3.8) is 0 Å². The predicted octanol–water partition coefficient (Wildman–Crippen LogP) is 2.98. The summed E-state index contributed by atoms with van der Waals surface area (Å²) in [5.41, 5.74) is -2.12. The van der Waals surface area contributed by atoms with Crippen molar-refractivity contribution >= 4 is 0 Å².